The molecule has 0 aliphatic rings. The molecule has 1 rings (SSSR count). The van der Waals surface area contributed by atoms with E-state index in [1.54, 1.807) is 7.05 Å². The lowest BCUT2D eigenvalue weighted by molar-refractivity contribution is 0.275. The molecule has 0 aliphatic carbocycles. The van der Waals surface area contributed by atoms with Crippen molar-refractivity contribution in [1.82, 2.24) is 25.5 Å². The first-order chi connectivity index (χ1) is 7.45. The molecular formula is C11H23N5. The maximum absolute atomic E-state index is 4.24. The van der Waals surface area contributed by atoms with Crippen molar-refractivity contribution in [2.45, 2.75) is 46.6 Å². The van der Waals surface area contributed by atoms with Crippen LogP contribution in [-0.4, -0.2) is 32.8 Å². The van der Waals surface area contributed by atoms with Gasteiger partial charge < -0.3 is 5.32 Å². The fourth-order valence-corrected chi connectivity index (χ4v) is 1.54. The highest BCUT2D eigenvalue weighted by molar-refractivity contribution is 4.89. The van der Waals surface area contributed by atoms with Crippen LogP contribution in [0.3, 0.4) is 0 Å². The van der Waals surface area contributed by atoms with E-state index in [-0.39, 0.29) is 5.41 Å². The minimum Gasteiger partial charge on any atom is -0.314 e. The molecule has 5 heteroatoms. The number of rotatable bonds is 6. The first-order valence-electron chi connectivity index (χ1n) is 5.91. The van der Waals surface area contributed by atoms with E-state index in [0.717, 1.165) is 25.2 Å². The molecule has 1 aromatic rings. The van der Waals surface area contributed by atoms with Crippen LogP contribution in [0.1, 0.15) is 39.9 Å². The highest BCUT2D eigenvalue weighted by Gasteiger charge is 2.24. The number of nitrogens with one attached hydrogen (secondary N) is 1. The van der Waals surface area contributed by atoms with E-state index in [1.807, 2.05) is 0 Å². The molecular weight excluding hydrogens is 202 g/mol. The van der Waals surface area contributed by atoms with E-state index < -0.39 is 0 Å². The third-order valence-electron chi connectivity index (χ3n) is 2.93. The molecule has 0 radical (unpaired) electrons. The Hall–Kier alpha value is -0.970. The van der Waals surface area contributed by atoms with Gasteiger partial charge in [-0.2, -0.15) is 4.80 Å². The Morgan fingerprint density at radius 3 is 2.56 bits per heavy atom. The predicted octanol–water partition coefficient (Wildman–Crippen LogP) is 1.17. The van der Waals surface area contributed by atoms with E-state index in [4.69, 9.17) is 0 Å². The van der Waals surface area contributed by atoms with Gasteiger partial charge in [-0.05, 0) is 17.0 Å². The minimum atomic E-state index is 0.202. The molecule has 5 nitrogen and oxygen atoms in total. The number of hydrogen-bond donors (Lipinski definition) is 1. The van der Waals surface area contributed by atoms with Crippen molar-refractivity contribution in [3.8, 4) is 0 Å². The first kappa shape index (κ1) is 13.1. The molecule has 0 aliphatic heterocycles. The summed E-state index contributed by atoms with van der Waals surface area (Å²) < 4.78 is 0. The Balaban J connectivity index is 2.58. The second-order valence-electron chi connectivity index (χ2n) is 5.07. The van der Waals surface area contributed by atoms with Gasteiger partial charge in [-0.25, -0.2) is 0 Å². The highest BCUT2D eigenvalue weighted by atomic mass is 15.6. The van der Waals surface area contributed by atoms with Gasteiger partial charge >= 0.3 is 0 Å². The van der Waals surface area contributed by atoms with E-state index in [9.17, 15) is 0 Å². The van der Waals surface area contributed by atoms with Gasteiger partial charge in [-0.15, -0.1) is 10.2 Å². The van der Waals surface area contributed by atoms with E-state index >= 15 is 0 Å². The molecule has 0 fully saturated rings. The van der Waals surface area contributed by atoms with Crippen LogP contribution in [0, 0.1) is 5.41 Å². The third-order valence-corrected chi connectivity index (χ3v) is 2.93. The van der Waals surface area contributed by atoms with Crippen LogP contribution in [0.2, 0.25) is 0 Å². The van der Waals surface area contributed by atoms with Crippen LogP contribution >= 0.6 is 0 Å². The maximum Gasteiger partial charge on any atom is 0.175 e. The predicted molar refractivity (Wildman–Crippen MR) is 64.0 cm³/mol. The number of tetrazole rings is 1. The Morgan fingerprint density at radius 1 is 1.44 bits per heavy atom. The van der Waals surface area contributed by atoms with Gasteiger partial charge in [0.15, 0.2) is 5.82 Å². The van der Waals surface area contributed by atoms with E-state index in [2.05, 4.69) is 48.4 Å². The smallest absolute Gasteiger partial charge is 0.175 e. The number of aryl methyl sites for hydroxylation is 1. The topological polar surface area (TPSA) is 55.6 Å². The number of aromatic nitrogens is 4. The molecule has 1 heterocycles. The average Bonchev–Trinajstić information content (AvgIpc) is 2.61. The van der Waals surface area contributed by atoms with Crippen LogP contribution in [0.5, 0.6) is 0 Å². The molecule has 16 heavy (non-hydrogen) atoms. The summed E-state index contributed by atoms with van der Waals surface area (Å²) in [5.41, 5.74) is 0.202. The summed E-state index contributed by atoms with van der Waals surface area (Å²) in [7, 11) is 1.80. The summed E-state index contributed by atoms with van der Waals surface area (Å²) >= 11 is 0. The SMILES string of the molecule is CCC(C)(CNC(C)C)Cc1nnn(C)n1. The molecule has 1 unspecified atom stereocenters. The first-order valence-corrected chi connectivity index (χ1v) is 5.91. The summed E-state index contributed by atoms with van der Waals surface area (Å²) in [6.07, 6.45) is 1.97. The highest BCUT2D eigenvalue weighted by Crippen LogP contribution is 2.24. The zero-order chi connectivity index (χ0) is 12.2. The van der Waals surface area contributed by atoms with Crippen molar-refractivity contribution < 1.29 is 0 Å². The number of hydrogen-bond acceptors (Lipinski definition) is 4. The fourth-order valence-electron chi connectivity index (χ4n) is 1.54. The molecule has 1 atom stereocenters. The van der Waals surface area contributed by atoms with Crippen molar-refractivity contribution in [3.63, 3.8) is 0 Å². The molecule has 0 saturated heterocycles. The Morgan fingerprint density at radius 2 is 2.12 bits per heavy atom. The lowest BCUT2D eigenvalue weighted by atomic mass is 9.83. The van der Waals surface area contributed by atoms with Crippen molar-refractivity contribution in [3.05, 3.63) is 5.82 Å². The maximum atomic E-state index is 4.24. The van der Waals surface area contributed by atoms with Gasteiger partial charge in [0.05, 0.1) is 7.05 Å². The summed E-state index contributed by atoms with van der Waals surface area (Å²) in [6, 6.07) is 0.515. The fraction of sp³-hybridized carbons (Fsp3) is 0.909. The molecule has 0 aromatic carbocycles. The Bertz CT molecular complexity index is 320. The average molecular weight is 225 g/mol. The van der Waals surface area contributed by atoms with Crippen molar-refractivity contribution >= 4 is 0 Å². The standard InChI is InChI=1S/C11H23N5/c1-6-11(4,8-12-9(2)3)7-10-13-15-16(5)14-10/h9,12H,6-8H2,1-5H3. The number of nitrogens with zero attached hydrogens (tertiary/aromatic N) is 4. The lowest BCUT2D eigenvalue weighted by Crippen LogP contribution is -2.37. The van der Waals surface area contributed by atoms with Gasteiger partial charge in [-0.3, -0.25) is 0 Å². The van der Waals surface area contributed by atoms with E-state index in [0.29, 0.717) is 6.04 Å². The van der Waals surface area contributed by atoms with Gasteiger partial charge in [0, 0.05) is 19.0 Å². The quantitative estimate of drug-likeness (QED) is 0.789. The van der Waals surface area contributed by atoms with E-state index in [1.165, 1.54) is 4.80 Å². The normalized spacial score (nSPS) is 15.4. The molecule has 0 bridgehead atoms. The van der Waals surface area contributed by atoms with Crippen LogP contribution in [-0.2, 0) is 13.5 Å². The second-order valence-corrected chi connectivity index (χ2v) is 5.07. The van der Waals surface area contributed by atoms with Gasteiger partial charge in [-0.1, -0.05) is 27.7 Å². The second kappa shape index (κ2) is 5.39. The van der Waals surface area contributed by atoms with Crippen LogP contribution in [0.25, 0.3) is 0 Å². The molecule has 0 spiro atoms. The summed E-state index contributed by atoms with van der Waals surface area (Å²) in [4.78, 5) is 1.52. The molecule has 0 amide bonds. The van der Waals surface area contributed by atoms with Crippen molar-refractivity contribution in [2.75, 3.05) is 6.54 Å². The van der Waals surface area contributed by atoms with Crippen LogP contribution in [0.4, 0.5) is 0 Å². The summed E-state index contributed by atoms with van der Waals surface area (Å²) in [6.45, 7) is 9.78. The van der Waals surface area contributed by atoms with Gasteiger partial charge in [0.2, 0.25) is 0 Å². The molecule has 0 saturated carbocycles. The Labute approximate surface area is 97.6 Å². The summed E-state index contributed by atoms with van der Waals surface area (Å²) in [5, 5.41) is 15.6. The minimum absolute atomic E-state index is 0.202. The lowest BCUT2D eigenvalue weighted by Gasteiger charge is -2.28. The zero-order valence-electron chi connectivity index (χ0n) is 11.0. The Kier molecular flexibility index (Phi) is 4.41. The van der Waals surface area contributed by atoms with Crippen LogP contribution < -0.4 is 5.32 Å². The zero-order valence-corrected chi connectivity index (χ0v) is 11.0. The van der Waals surface area contributed by atoms with Crippen molar-refractivity contribution in [2.24, 2.45) is 12.5 Å². The molecule has 1 N–H and O–H groups in total. The monoisotopic (exact) mass is 225 g/mol. The van der Waals surface area contributed by atoms with Gasteiger partial charge in [0.25, 0.3) is 0 Å². The summed E-state index contributed by atoms with van der Waals surface area (Å²) in [5.74, 6) is 0.831. The molecule has 1 aromatic heterocycles. The largest absolute Gasteiger partial charge is 0.314 e. The van der Waals surface area contributed by atoms with Gasteiger partial charge in [0.1, 0.15) is 0 Å². The molecule has 92 valence electrons. The van der Waals surface area contributed by atoms with Crippen molar-refractivity contribution in [1.29, 1.82) is 0 Å². The van der Waals surface area contributed by atoms with Crippen LogP contribution in [0.15, 0.2) is 0 Å². The third kappa shape index (κ3) is 3.89.